The Bertz CT molecular complexity index is 1520. The maximum absolute atomic E-state index is 13.1. The summed E-state index contributed by atoms with van der Waals surface area (Å²) in [6.07, 6.45) is 1.22. The first kappa shape index (κ1) is 25.4. The van der Waals surface area contributed by atoms with Gasteiger partial charge in [-0.15, -0.1) is 11.8 Å². The molecule has 0 unspecified atom stereocenters. The van der Waals surface area contributed by atoms with Gasteiger partial charge in [0.1, 0.15) is 22.6 Å². The highest BCUT2D eigenvalue weighted by Gasteiger charge is 2.24. The summed E-state index contributed by atoms with van der Waals surface area (Å²) in [4.78, 5) is 19.8. The van der Waals surface area contributed by atoms with Crippen molar-refractivity contribution in [2.75, 3.05) is 31.4 Å². The number of hydrogen-bond donors (Lipinski definition) is 0. The van der Waals surface area contributed by atoms with Crippen molar-refractivity contribution in [3.05, 3.63) is 90.0 Å². The number of thioether (sulfide) groups is 1. The van der Waals surface area contributed by atoms with Crippen molar-refractivity contribution in [1.29, 1.82) is 5.26 Å². The molecular weight excluding hydrogens is 494 g/mol. The lowest BCUT2D eigenvalue weighted by atomic mass is 9.98. The molecule has 5 rings (SSSR count). The highest BCUT2D eigenvalue weighted by molar-refractivity contribution is 7.99. The van der Waals surface area contributed by atoms with Crippen LogP contribution >= 0.6 is 11.8 Å². The highest BCUT2D eigenvalue weighted by atomic mass is 32.2. The van der Waals surface area contributed by atoms with Crippen molar-refractivity contribution in [3.63, 3.8) is 0 Å². The van der Waals surface area contributed by atoms with E-state index in [1.165, 1.54) is 17.3 Å². The normalized spacial score (nSPS) is 12.1. The van der Waals surface area contributed by atoms with Crippen LogP contribution < -0.4 is 14.4 Å². The Morgan fingerprint density at radius 2 is 1.79 bits per heavy atom. The lowest BCUT2D eigenvalue weighted by molar-refractivity contribution is -0.118. The van der Waals surface area contributed by atoms with Gasteiger partial charge >= 0.3 is 0 Å². The Hall–Kier alpha value is -4.28. The SMILES string of the molecule is COc1ccc(OC)c(-c2cc(-c3ccccc3)nc(SCCC(=O)N3CCc4ccccc43)c2C#N)c1. The Morgan fingerprint density at radius 1 is 1.00 bits per heavy atom. The van der Waals surface area contributed by atoms with Gasteiger partial charge < -0.3 is 14.4 Å². The number of benzene rings is 3. The second-order valence-corrected chi connectivity index (χ2v) is 9.89. The first-order valence-corrected chi connectivity index (χ1v) is 13.4. The Balaban J connectivity index is 1.49. The molecule has 0 N–H and O–H groups in total. The van der Waals surface area contributed by atoms with Gasteiger partial charge in [0.2, 0.25) is 5.91 Å². The summed E-state index contributed by atoms with van der Waals surface area (Å²) in [6, 6.07) is 27.7. The van der Waals surface area contributed by atoms with E-state index in [9.17, 15) is 10.1 Å². The van der Waals surface area contributed by atoms with Crippen molar-refractivity contribution in [2.24, 2.45) is 0 Å². The number of anilines is 1. The van der Waals surface area contributed by atoms with Gasteiger partial charge in [-0.3, -0.25) is 4.79 Å². The van der Waals surface area contributed by atoms with E-state index in [1.54, 1.807) is 14.2 Å². The number of hydrogen-bond acceptors (Lipinski definition) is 6. The third kappa shape index (κ3) is 5.09. The smallest absolute Gasteiger partial charge is 0.227 e. The third-order valence-electron chi connectivity index (χ3n) is 6.61. The highest BCUT2D eigenvalue weighted by Crippen LogP contribution is 2.40. The number of fused-ring (bicyclic) bond motifs is 1. The van der Waals surface area contributed by atoms with Gasteiger partial charge in [0.15, 0.2) is 0 Å². The maximum atomic E-state index is 13.1. The molecule has 1 amide bonds. The second-order valence-electron chi connectivity index (χ2n) is 8.80. The Kier molecular flexibility index (Phi) is 7.62. The number of rotatable bonds is 8. The van der Waals surface area contributed by atoms with Gasteiger partial charge in [0.25, 0.3) is 0 Å². The number of para-hydroxylation sites is 1. The van der Waals surface area contributed by atoms with Gasteiger partial charge in [0, 0.05) is 41.1 Å². The number of pyridine rings is 1. The Labute approximate surface area is 226 Å². The zero-order valence-electron chi connectivity index (χ0n) is 21.3. The average Bonchev–Trinajstić information content (AvgIpc) is 3.41. The van der Waals surface area contributed by atoms with Crippen LogP contribution in [0.1, 0.15) is 17.5 Å². The largest absolute Gasteiger partial charge is 0.497 e. The van der Waals surface area contributed by atoms with Crippen molar-refractivity contribution in [3.8, 4) is 40.0 Å². The van der Waals surface area contributed by atoms with E-state index in [-0.39, 0.29) is 5.91 Å². The topological polar surface area (TPSA) is 75.5 Å². The predicted octanol–water partition coefficient (Wildman–Crippen LogP) is 6.38. The summed E-state index contributed by atoms with van der Waals surface area (Å²) >= 11 is 1.43. The molecule has 0 aliphatic carbocycles. The summed E-state index contributed by atoms with van der Waals surface area (Å²) in [6.45, 7) is 0.702. The van der Waals surface area contributed by atoms with Crippen molar-refractivity contribution in [1.82, 2.24) is 4.98 Å². The molecule has 6 nitrogen and oxygen atoms in total. The molecule has 0 saturated heterocycles. The van der Waals surface area contributed by atoms with Crippen molar-refractivity contribution in [2.45, 2.75) is 17.9 Å². The zero-order chi connectivity index (χ0) is 26.5. The number of nitriles is 1. The van der Waals surface area contributed by atoms with Crippen LogP contribution in [0.2, 0.25) is 0 Å². The monoisotopic (exact) mass is 521 g/mol. The Morgan fingerprint density at radius 3 is 2.55 bits per heavy atom. The van der Waals surface area contributed by atoms with Gasteiger partial charge in [-0.2, -0.15) is 5.26 Å². The number of carbonyl (C=O) groups excluding carboxylic acids is 1. The van der Waals surface area contributed by atoms with Gasteiger partial charge in [0.05, 0.1) is 25.5 Å². The van der Waals surface area contributed by atoms with E-state index in [2.05, 4.69) is 12.1 Å². The first-order valence-electron chi connectivity index (χ1n) is 12.4. The lowest BCUT2D eigenvalue weighted by Gasteiger charge is -2.18. The van der Waals surface area contributed by atoms with Gasteiger partial charge in [-0.1, -0.05) is 48.5 Å². The average molecular weight is 522 g/mol. The predicted molar refractivity (Wildman–Crippen MR) is 151 cm³/mol. The molecule has 1 aromatic heterocycles. The van der Waals surface area contributed by atoms with Crippen LogP contribution in [0, 0.1) is 11.3 Å². The quantitative estimate of drug-likeness (QED) is 0.251. The molecule has 1 aliphatic rings. The van der Waals surface area contributed by atoms with E-state index in [1.807, 2.05) is 77.7 Å². The molecule has 3 aromatic carbocycles. The lowest BCUT2D eigenvalue weighted by Crippen LogP contribution is -2.29. The van der Waals surface area contributed by atoms with Gasteiger partial charge in [-0.25, -0.2) is 4.98 Å². The molecule has 2 heterocycles. The molecular formula is C31H27N3O3S. The fourth-order valence-electron chi connectivity index (χ4n) is 4.70. The minimum atomic E-state index is 0.0786. The van der Waals surface area contributed by atoms with Crippen LogP contribution in [0.3, 0.4) is 0 Å². The number of methoxy groups -OCH3 is 2. The molecule has 0 fully saturated rings. The van der Waals surface area contributed by atoms with E-state index < -0.39 is 0 Å². The van der Waals surface area contributed by atoms with Crippen LogP contribution in [0.15, 0.2) is 83.9 Å². The van der Waals surface area contributed by atoms with Crippen LogP contribution in [0.5, 0.6) is 11.5 Å². The van der Waals surface area contributed by atoms with Crippen LogP contribution in [0.25, 0.3) is 22.4 Å². The number of amides is 1. The molecule has 7 heteroatoms. The number of nitrogens with zero attached hydrogens (tertiary/aromatic N) is 3. The fraction of sp³-hybridized carbons (Fsp3) is 0.194. The molecule has 0 atom stereocenters. The molecule has 38 heavy (non-hydrogen) atoms. The van der Waals surface area contributed by atoms with Crippen LogP contribution in [-0.2, 0) is 11.2 Å². The number of aromatic nitrogens is 1. The summed E-state index contributed by atoms with van der Waals surface area (Å²) in [7, 11) is 3.21. The molecule has 4 aromatic rings. The van der Waals surface area contributed by atoms with Crippen molar-refractivity contribution >= 4 is 23.4 Å². The minimum Gasteiger partial charge on any atom is -0.497 e. The summed E-state index contributed by atoms with van der Waals surface area (Å²) < 4.78 is 11.1. The first-order chi connectivity index (χ1) is 18.6. The van der Waals surface area contributed by atoms with E-state index in [0.29, 0.717) is 46.4 Å². The number of carbonyl (C=O) groups is 1. The van der Waals surface area contributed by atoms with Crippen LogP contribution in [-0.4, -0.2) is 37.4 Å². The molecule has 190 valence electrons. The van der Waals surface area contributed by atoms with E-state index >= 15 is 0 Å². The molecule has 1 aliphatic heterocycles. The second kappa shape index (κ2) is 11.4. The fourth-order valence-corrected chi connectivity index (χ4v) is 5.63. The summed E-state index contributed by atoms with van der Waals surface area (Å²) in [5.74, 6) is 1.88. The van der Waals surface area contributed by atoms with E-state index in [0.717, 1.165) is 28.9 Å². The minimum absolute atomic E-state index is 0.0786. The van der Waals surface area contributed by atoms with E-state index in [4.69, 9.17) is 14.5 Å². The molecule has 0 radical (unpaired) electrons. The standard InChI is InChI=1S/C31H27N3O3S/c1-36-23-12-13-29(37-2)25(18-23)24-19-27(21-8-4-3-5-9-21)33-31(26(24)20-32)38-17-15-30(35)34-16-14-22-10-6-7-11-28(22)34/h3-13,18-19H,14-17H2,1-2H3. The van der Waals surface area contributed by atoms with Crippen molar-refractivity contribution < 1.29 is 14.3 Å². The summed E-state index contributed by atoms with van der Waals surface area (Å²) in [5.41, 5.74) is 5.78. The maximum Gasteiger partial charge on any atom is 0.227 e. The van der Waals surface area contributed by atoms with Crippen LogP contribution in [0.4, 0.5) is 5.69 Å². The number of ether oxygens (including phenoxy) is 2. The molecule has 0 bridgehead atoms. The summed E-state index contributed by atoms with van der Waals surface area (Å²) in [5, 5.41) is 10.8. The molecule has 0 spiro atoms. The van der Waals surface area contributed by atoms with Gasteiger partial charge in [-0.05, 0) is 42.3 Å². The third-order valence-corrected chi connectivity index (χ3v) is 7.58. The zero-order valence-corrected chi connectivity index (χ0v) is 22.1. The molecule has 0 saturated carbocycles.